The number of hydrogen-bond donors (Lipinski definition) is 0. The highest BCUT2D eigenvalue weighted by molar-refractivity contribution is 5.51. The van der Waals surface area contributed by atoms with Crippen LogP contribution in [-0.2, 0) is 13.7 Å². The second-order valence-corrected chi connectivity index (χ2v) is 6.57. The Kier molecular flexibility index (Phi) is 7.19. The number of halogens is 1. The predicted molar refractivity (Wildman–Crippen MR) is 112 cm³/mol. The van der Waals surface area contributed by atoms with Gasteiger partial charge in [0.25, 0.3) is 0 Å². The van der Waals surface area contributed by atoms with Crippen molar-refractivity contribution in [3.8, 4) is 5.75 Å². The molecule has 0 bridgehead atoms. The van der Waals surface area contributed by atoms with Crippen LogP contribution in [0.2, 0.25) is 0 Å². The number of hydrogen-bond acceptors (Lipinski definition) is 2. The van der Waals surface area contributed by atoms with Gasteiger partial charge in [0, 0.05) is 36.8 Å². The van der Waals surface area contributed by atoms with Gasteiger partial charge in [-0.1, -0.05) is 24.3 Å². The normalized spacial score (nSPS) is 11.5. The quantitative estimate of drug-likeness (QED) is 0.426. The van der Waals surface area contributed by atoms with E-state index in [9.17, 15) is 4.39 Å². The van der Waals surface area contributed by atoms with E-state index in [1.54, 1.807) is 18.3 Å². The first kappa shape index (κ1) is 19.6. The van der Waals surface area contributed by atoms with Crippen molar-refractivity contribution in [2.45, 2.75) is 25.9 Å². The topological polar surface area (TPSA) is 27.1 Å². The third-order valence-corrected chi connectivity index (χ3v) is 4.40. The Morgan fingerprint density at radius 1 is 1.04 bits per heavy atom. The summed E-state index contributed by atoms with van der Waals surface area (Å²) in [5, 5.41) is 0. The van der Waals surface area contributed by atoms with Crippen LogP contribution in [0.5, 0.6) is 5.75 Å². The fourth-order valence-electron chi connectivity index (χ4n) is 2.79. The van der Waals surface area contributed by atoms with Crippen molar-refractivity contribution in [2.24, 2.45) is 7.05 Å². The highest BCUT2D eigenvalue weighted by atomic mass is 19.1. The van der Waals surface area contributed by atoms with Gasteiger partial charge in [-0.15, -0.1) is 0 Å². The molecule has 28 heavy (non-hydrogen) atoms. The average molecular weight is 376 g/mol. The molecule has 3 nitrogen and oxygen atoms in total. The van der Waals surface area contributed by atoms with Crippen LogP contribution < -0.4 is 4.74 Å². The molecule has 0 aliphatic rings. The molecule has 0 aliphatic carbocycles. The lowest BCUT2D eigenvalue weighted by molar-refractivity contribution is 0.300. The predicted octanol–water partition coefficient (Wildman–Crippen LogP) is 6.04. The Hall–Kier alpha value is -3.14. The standard InChI is InChI=1S/C24H25FN2O/c1-27-17-9-13-22(27)12-6-4-2-3-5-10-20-14-15-23(18-24(20)25)28-19-21-11-7-8-16-26-21/h5-18H,2-4,19H2,1H3/b10-5+,12-6+. The summed E-state index contributed by atoms with van der Waals surface area (Å²) in [6.45, 7) is 0.325. The summed E-state index contributed by atoms with van der Waals surface area (Å²) in [6.07, 6.45) is 14.8. The molecule has 0 atom stereocenters. The monoisotopic (exact) mass is 376 g/mol. The van der Waals surface area contributed by atoms with Crippen LogP contribution in [0.15, 0.2) is 73.1 Å². The molecule has 0 N–H and O–H groups in total. The fourth-order valence-corrected chi connectivity index (χ4v) is 2.79. The zero-order valence-electron chi connectivity index (χ0n) is 16.1. The molecule has 4 heteroatoms. The highest BCUT2D eigenvalue weighted by Crippen LogP contribution is 2.19. The van der Waals surface area contributed by atoms with E-state index in [0.717, 1.165) is 25.0 Å². The molecule has 3 rings (SSSR count). The lowest BCUT2D eigenvalue weighted by Gasteiger charge is -2.06. The molecule has 3 aromatic rings. The molecule has 0 unspecified atom stereocenters. The number of ether oxygens (including phenoxy) is 1. The van der Waals surface area contributed by atoms with Gasteiger partial charge in [-0.2, -0.15) is 0 Å². The summed E-state index contributed by atoms with van der Waals surface area (Å²) in [5.41, 5.74) is 2.58. The Morgan fingerprint density at radius 2 is 1.89 bits per heavy atom. The maximum atomic E-state index is 14.2. The largest absolute Gasteiger partial charge is 0.487 e. The van der Waals surface area contributed by atoms with E-state index in [2.05, 4.69) is 27.8 Å². The summed E-state index contributed by atoms with van der Waals surface area (Å²) in [6, 6.07) is 14.7. The minimum atomic E-state index is -0.279. The maximum Gasteiger partial charge on any atom is 0.134 e. The summed E-state index contributed by atoms with van der Waals surface area (Å²) >= 11 is 0. The third-order valence-electron chi connectivity index (χ3n) is 4.40. The molecule has 0 amide bonds. The Balaban J connectivity index is 1.42. The molecule has 2 heterocycles. The molecule has 1 aromatic carbocycles. The second kappa shape index (κ2) is 10.3. The molecule has 0 saturated heterocycles. The zero-order chi connectivity index (χ0) is 19.6. The van der Waals surface area contributed by atoms with Gasteiger partial charge in [0.05, 0.1) is 5.69 Å². The Bertz CT molecular complexity index is 929. The molecule has 0 fully saturated rings. The molecule has 144 valence electrons. The van der Waals surface area contributed by atoms with Crippen LogP contribution in [-0.4, -0.2) is 9.55 Å². The van der Waals surface area contributed by atoms with E-state index in [1.165, 1.54) is 11.8 Å². The first-order valence-corrected chi connectivity index (χ1v) is 9.49. The maximum absolute atomic E-state index is 14.2. The average Bonchev–Trinajstić information content (AvgIpc) is 3.12. The van der Waals surface area contributed by atoms with E-state index in [4.69, 9.17) is 4.74 Å². The highest BCUT2D eigenvalue weighted by Gasteiger charge is 2.02. The Labute approximate surface area is 165 Å². The molecule has 0 aliphatic heterocycles. The number of aryl methyl sites for hydroxylation is 1. The van der Waals surface area contributed by atoms with Crippen LogP contribution in [0.25, 0.3) is 12.2 Å². The molecular formula is C24H25FN2O. The zero-order valence-corrected chi connectivity index (χ0v) is 16.1. The lowest BCUT2D eigenvalue weighted by atomic mass is 10.1. The van der Waals surface area contributed by atoms with Gasteiger partial charge in [-0.05, 0) is 61.7 Å². The van der Waals surface area contributed by atoms with E-state index < -0.39 is 0 Å². The number of nitrogens with zero attached hydrogens (tertiary/aromatic N) is 2. The van der Waals surface area contributed by atoms with Gasteiger partial charge >= 0.3 is 0 Å². The molecule has 0 spiro atoms. The Morgan fingerprint density at radius 3 is 2.61 bits per heavy atom. The minimum absolute atomic E-state index is 0.279. The summed E-state index contributed by atoms with van der Waals surface area (Å²) < 4.78 is 21.9. The molecule has 2 aromatic heterocycles. The van der Waals surface area contributed by atoms with Crippen LogP contribution in [0.1, 0.15) is 36.2 Å². The third kappa shape index (κ3) is 5.95. The summed E-state index contributed by atoms with van der Waals surface area (Å²) in [5.74, 6) is 0.226. The number of unbranched alkanes of at least 4 members (excludes halogenated alkanes) is 2. The van der Waals surface area contributed by atoms with Gasteiger partial charge < -0.3 is 9.30 Å². The van der Waals surface area contributed by atoms with Crippen LogP contribution in [0.3, 0.4) is 0 Å². The van der Waals surface area contributed by atoms with Gasteiger partial charge in [0.2, 0.25) is 0 Å². The van der Waals surface area contributed by atoms with Crippen molar-refractivity contribution in [2.75, 3.05) is 0 Å². The first-order valence-electron chi connectivity index (χ1n) is 9.49. The van der Waals surface area contributed by atoms with Crippen LogP contribution in [0, 0.1) is 5.82 Å². The van der Waals surface area contributed by atoms with E-state index >= 15 is 0 Å². The summed E-state index contributed by atoms with van der Waals surface area (Å²) in [7, 11) is 2.03. The van der Waals surface area contributed by atoms with Gasteiger partial charge in [-0.25, -0.2) is 4.39 Å². The van der Waals surface area contributed by atoms with Gasteiger partial charge in [0.15, 0.2) is 0 Å². The number of rotatable bonds is 9. The van der Waals surface area contributed by atoms with Crippen molar-refractivity contribution in [3.05, 3.63) is 95.8 Å². The summed E-state index contributed by atoms with van der Waals surface area (Å²) in [4.78, 5) is 4.19. The van der Waals surface area contributed by atoms with E-state index in [1.807, 2.05) is 49.7 Å². The molecule has 0 saturated carbocycles. The van der Waals surface area contributed by atoms with Gasteiger partial charge in [-0.3, -0.25) is 4.98 Å². The van der Waals surface area contributed by atoms with Crippen molar-refractivity contribution < 1.29 is 9.13 Å². The molecule has 0 radical (unpaired) electrons. The van der Waals surface area contributed by atoms with Crippen LogP contribution in [0.4, 0.5) is 4.39 Å². The number of aromatic nitrogens is 2. The smallest absolute Gasteiger partial charge is 0.134 e. The number of pyridine rings is 1. The number of allylic oxidation sites excluding steroid dienone is 2. The van der Waals surface area contributed by atoms with Crippen LogP contribution >= 0.6 is 0 Å². The van der Waals surface area contributed by atoms with Crippen molar-refractivity contribution in [1.29, 1.82) is 0 Å². The van der Waals surface area contributed by atoms with E-state index in [0.29, 0.717) is 17.9 Å². The van der Waals surface area contributed by atoms with E-state index in [-0.39, 0.29) is 5.82 Å². The fraction of sp³-hybridized carbons (Fsp3) is 0.208. The second-order valence-electron chi connectivity index (χ2n) is 6.57. The lowest BCUT2D eigenvalue weighted by Crippen LogP contribution is -1.98. The molecular weight excluding hydrogens is 351 g/mol. The van der Waals surface area contributed by atoms with Gasteiger partial charge in [0.1, 0.15) is 18.2 Å². The first-order chi connectivity index (χ1) is 13.7. The SMILES string of the molecule is Cn1cccc1/C=C/CCC/C=C/c1ccc(OCc2ccccn2)cc1F. The van der Waals surface area contributed by atoms with Crippen molar-refractivity contribution >= 4 is 12.2 Å². The number of benzene rings is 1. The minimum Gasteiger partial charge on any atom is -0.487 e. The van der Waals surface area contributed by atoms with Crippen molar-refractivity contribution in [3.63, 3.8) is 0 Å². The van der Waals surface area contributed by atoms with Crippen molar-refractivity contribution in [1.82, 2.24) is 9.55 Å².